The van der Waals surface area contributed by atoms with Gasteiger partial charge < -0.3 is 9.16 Å². The Labute approximate surface area is 213 Å². The van der Waals surface area contributed by atoms with Gasteiger partial charge in [0.05, 0.1) is 7.11 Å². The van der Waals surface area contributed by atoms with Crippen molar-refractivity contribution in [2.24, 2.45) is 0 Å². The summed E-state index contributed by atoms with van der Waals surface area (Å²) in [5, 5.41) is 2.66. The van der Waals surface area contributed by atoms with Crippen LogP contribution < -0.4 is 10.4 Å². The molecule has 0 aliphatic carbocycles. The Morgan fingerprint density at radius 2 is 1.26 bits per heavy atom. The first-order chi connectivity index (χ1) is 16.9. The summed E-state index contributed by atoms with van der Waals surface area (Å²) >= 11 is 0. The van der Waals surface area contributed by atoms with Gasteiger partial charge in [0, 0.05) is 13.0 Å². The van der Waals surface area contributed by atoms with Crippen LogP contribution in [0.2, 0.25) is 5.04 Å². The molecule has 0 N–H and O–H groups in total. The number of hydrogen-bond donors (Lipinski definition) is 0. The molecular weight excluding hydrogens is 448 g/mol. The minimum atomic E-state index is -2.44. The number of rotatable bonds is 14. The normalized spacial score (nSPS) is 12.7. The van der Waals surface area contributed by atoms with Crippen LogP contribution in [0.3, 0.4) is 0 Å². The molecule has 0 amide bonds. The van der Waals surface area contributed by atoms with Crippen molar-refractivity contribution >= 4 is 24.7 Å². The van der Waals surface area contributed by atoms with Crippen LogP contribution in [0.4, 0.5) is 0 Å². The van der Waals surface area contributed by atoms with Crippen molar-refractivity contribution in [2.75, 3.05) is 13.7 Å². The lowest BCUT2D eigenvalue weighted by atomic mass is 10.2. The molecule has 2 rings (SSSR count). The van der Waals surface area contributed by atoms with Gasteiger partial charge in [-0.2, -0.15) is 0 Å². The smallest absolute Gasteiger partial charge is 0.305 e. The van der Waals surface area contributed by atoms with E-state index >= 15 is 0 Å². The fourth-order valence-electron chi connectivity index (χ4n) is 4.29. The SMILES string of the molecule is COC(=O)CCC/C=C\C/C=C\C/C=C\CCO[Si](c1ccccc1)(c1ccccc1)C(C)(C)C. The van der Waals surface area contributed by atoms with Gasteiger partial charge in [0.15, 0.2) is 0 Å². The van der Waals surface area contributed by atoms with Crippen LogP contribution in [0.15, 0.2) is 97.1 Å². The van der Waals surface area contributed by atoms with E-state index in [0.29, 0.717) is 13.0 Å². The van der Waals surface area contributed by atoms with Gasteiger partial charge >= 0.3 is 5.97 Å². The Morgan fingerprint density at radius 1 is 0.771 bits per heavy atom. The Hall–Kier alpha value is -2.69. The predicted octanol–water partition coefficient (Wildman–Crippen LogP) is 6.75. The lowest BCUT2D eigenvalue weighted by Crippen LogP contribution is -2.66. The topological polar surface area (TPSA) is 35.5 Å². The molecule has 0 spiro atoms. The van der Waals surface area contributed by atoms with E-state index in [1.807, 2.05) is 0 Å². The zero-order valence-corrected chi connectivity index (χ0v) is 22.9. The number of allylic oxidation sites excluding steroid dienone is 5. The first kappa shape index (κ1) is 28.5. The number of hydrogen-bond acceptors (Lipinski definition) is 3. The maximum atomic E-state index is 11.1. The van der Waals surface area contributed by atoms with E-state index in [1.54, 1.807) is 0 Å². The molecule has 188 valence electrons. The summed E-state index contributed by atoms with van der Waals surface area (Å²) in [7, 11) is -1.01. The molecule has 0 radical (unpaired) electrons. The number of benzene rings is 2. The van der Waals surface area contributed by atoms with Gasteiger partial charge in [0.1, 0.15) is 0 Å². The average Bonchev–Trinajstić information content (AvgIpc) is 2.86. The van der Waals surface area contributed by atoms with E-state index in [1.165, 1.54) is 17.5 Å². The van der Waals surface area contributed by atoms with Gasteiger partial charge in [-0.05, 0) is 47.5 Å². The highest BCUT2D eigenvalue weighted by molar-refractivity contribution is 6.99. The maximum Gasteiger partial charge on any atom is 0.305 e. The number of methoxy groups -OCH3 is 1. The fourth-order valence-corrected chi connectivity index (χ4v) is 8.87. The van der Waals surface area contributed by atoms with Crippen LogP contribution >= 0.6 is 0 Å². The molecular formula is C31H42O3Si. The Bertz CT molecular complexity index is 901. The Morgan fingerprint density at radius 3 is 1.74 bits per heavy atom. The standard InChI is InChI=1S/C31H42O3Si/c1-31(2,3)35(28-22-16-14-17-23-28,29-24-18-15-19-25-29)34-27-21-13-11-9-7-5-6-8-10-12-20-26-30(32)33-4/h5,7-8,10-11,13-19,22-25H,6,9,12,20-21,26-27H2,1-4H3/b7-5-,10-8-,13-11-. The molecule has 0 aromatic heterocycles. The second kappa shape index (κ2) is 15.3. The summed E-state index contributed by atoms with van der Waals surface area (Å²) in [4.78, 5) is 11.1. The third kappa shape index (κ3) is 9.12. The number of ether oxygens (including phenoxy) is 1. The molecule has 2 aromatic carbocycles. The van der Waals surface area contributed by atoms with Crippen molar-refractivity contribution in [1.29, 1.82) is 0 Å². The van der Waals surface area contributed by atoms with E-state index < -0.39 is 8.32 Å². The second-order valence-electron chi connectivity index (χ2n) is 9.65. The highest BCUT2D eigenvalue weighted by Crippen LogP contribution is 2.36. The molecule has 0 bridgehead atoms. The first-order valence-corrected chi connectivity index (χ1v) is 14.6. The van der Waals surface area contributed by atoms with Crippen LogP contribution in [0.5, 0.6) is 0 Å². The first-order valence-electron chi connectivity index (χ1n) is 12.7. The highest BCUT2D eigenvalue weighted by atomic mass is 28.4. The average molecular weight is 491 g/mol. The number of esters is 1. The molecule has 3 nitrogen and oxygen atoms in total. The summed E-state index contributed by atoms with van der Waals surface area (Å²) in [5.74, 6) is -0.137. The van der Waals surface area contributed by atoms with E-state index in [9.17, 15) is 4.79 Å². The molecule has 0 fully saturated rings. The van der Waals surface area contributed by atoms with E-state index in [-0.39, 0.29) is 11.0 Å². The van der Waals surface area contributed by atoms with Gasteiger partial charge in [0.2, 0.25) is 0 Å². The maximum absolute atomic E-state index is 11.1. The summed E-state index contributed by atoms with van der Waals surface area (Å²) in [6, 6.07) is 21.6. The third-order valence-corrected chi connectivity index (χ3v) is 11.1. The second-order valence-corrected chi connectivity index (χ2v) is 14.0. The molecule has 4 heteroatoms. The summed E-state index contributed by atoms with van der Waals surface area (Å²) in [6.45, 7) is 7.65. The Balaban J connectivity index is 1.86. The zero-order valence-electron chi connectivity index (χ0n) is 21.9. The molecule has 0 heterocycles. The summed E-state index contributed by atoms with van der Waals surface area (Å²) in [5.41, 5.74) is 0. The molecule has 0 unspecified atom stereocenters. The molecule has 0 atom stereocenters. The highest BCUT2D eigenvalue weighted by Gasteiger charge is 2.49. The van der Waals surface area contributed by atoms with E-state index in [4.69, 9.17) is 4.43 Å². The molecule has 2 aromatic rings. The van der Waals surface area contributed by atoms with Crippen molar-refractivity contribution in [3.8, 4) is 0 Å². The number of unbranched alkanes of at least 4 members (excludes halogenated alkanes) is 1. The van der Waals surface area contributed by atoms with E-state index in [2.05, 4.69) is 123 Å². The number of carbonyl (C=O) groups excluding carboxylic acids is 1. The summed E-state index contributed by atoms with van der Waals surface area (Å²) in [6.07, 6.45) is 18.1. The van der Waals surface area contributed by atoms with Crippen molar-refractivity contribution < 1.29 is 14.0 Å². The van der Waals surface area contributed by atoms with Crippen LogP contribution in [0.25, 0.3) is 0 Å². The van der Waals surface area contributed by atoms with Crippen molar-refractivity contribution in [3.05, 3.63) is 97.1 Å². The largest absolute Gasteiger partial charge is 0.469 e. The zero-order chi connectivity index (χ0) is 25.4. The molecule has 0 saturated carbocycles. The summed E-state index contributed by atoms with van der Waals surface area (Å²) < 4.78 is 11.6. The molecule has 35 heavy (non-hydrogen) atoms. The minimum absolute atomic E-state index is 0.00891. The van der Waals surface area contributed by atoms with Gasteiger partial charge in [-0.1, -0.05) is 118 Å². The van der Waals surface area contributed by atoms with Crippen LogP contribution in [-0.4, -0.2) is 28.0 Å². The van der Waals surface area contributed by atoms with Gasteiger partial charge in [0.25, 0.3) is 8.32 Å². The molecule has 0 aliphatic heterocycles. The van der Waals surface area contributed by atoms with Crippen molar-refractivity contribution in [2.45, 2.75) is 64.3 Å². The lowest BCUT2D eigenvalue weighted by molar-refractivity contribution is -0.140. The quantitative estimate of drug-likeness (QED) is 0.127. The van der Waals surface area contributed by atoms with Gasteiger partial charge in [-0.25, -0.2) is 0 Å². The molecule has 0 aliphatic rings. The predicted molar refractivity (Wildman–Crippen MR) is 151 cm³/mol. The van der Waals surface area contributed by atoms with Crippen molar-refractivity contribution in [3.63, 3.8) is 0 Å². The molecule has 0 saturated heterocycles. The number of carbonyl (C=O) groups is 1. The van der Waals surface area contributed by atoms with E-state index in [0.717, 1.165) is 32.1 Å². The van der Waals surface area contributed by atoms with Crippen molar-refractivity contribution in [1.82, 2.24) is 0 Å². The van der Waals surface area contributed by atoms with Crippen LogP contribution in [0, 0.1) is 0 Å². The fraction of sp³-hybridized carbons (Fsp3) is 0.387. The third-order valence-electron chi connectivity index (χ3n) is 6.04. The lowest BCUT2D eigenvalue weighted by Gasteiger charge is -2.43. The monoisotopic (exact) mass is 490 g/mol. The van der Waals surface area contributed by atoms with Crippen LogP contribution in [0.1, 0.15) is 59.3 Å². The van der Waals surface area contributed by atoms with Gasteiger partial charge in [-0.3, -0.25) is 4.79 Å². The Kier molecular flexibility index (Phi) is 12.5. The minimum Gasteiger partial charge on any atom is -0.469 e. The van der Waals surface area contributed by atoms with Crippen LogP contribution in [-0.2, 0) is 14.0 Å². The van der Waals surface area contributed by atoms with Gasteiger partial charge in [-0.15, -0.1) is 0 Å².